The first-order chi connectivity index (χ1) is 7.97. The van der Waals surface area contributed by atoms with E-state index in [0.29, 0.717) is 12.5 Å². The number of fused-ring (bicyclic) bond motifs is 2. The summed E-state index contributed by atoms with van der Waals surface area (Å²) in [4.78, 5) is 0. The van der Waals surface area contributed by atoms with Crippen molar-refractivity contribution in [3.05, 3.63) is 23.8 Å². The standard InChI is InChI=1S/C15H22O2/c1-10-5-4-6-12-7-13-15(16,9-14(10,12)3)11(2)8-17-13/h7,10,13,16H,2,4-6,8-9H2,1,3H3/t10-,13+,14+,15+/m0/s1. The van der Waals surface area contributed by atoms with Crippen LogP contribution in [0.5, 0.6) is 0 Å². The van der Waals surface area contributed by atoms with Crippen LogP contribution in [-0.2, 0) is 4.74 Å². The predicted octanol–water partition coefficient (Wildman–Crippen LogP) is 2.83. The number of hydrogen-bond acceptors (Lipinski definition) is 2. The molecule has 17 heavy (non-hydrogen) atoms. The van der Waals surface area contributed by atoms with Crippen molar-refractivity contribution in [2.24, 2.45) is 11.3 Å². The molecule has 2 fully saturated rings. The lowest BCUT2D eigenvalue weighted by Gasteiger charge is -2.50. The molecule has 2 nitrogen and oxygen atoms in total. The number of ether oxygens (including phenoxy) is 1. The average Bonchev–Trinajstić information content (AvgIpc) is 2.54. The van der Waals surface area contributed by atoms with Gasteiger partial charge in [-0.15, -0.1) is 0 Å². The lowest BCUT2D eigenvalue weighted by Crippen LogP contribution is -2.50. The highest BCUT2D eigenvalue weighted by Gasteiger charge is 2.55. The molecule has 1 N–H and O–H groups in total. The Balaban J connectivity index is 2.05. The van der Waals surface area contributed by atoms with Crippen LogP contribution in [0.1, 0.15) is 39.5 Å². The second-order valence-electron chi connectivity index (χ2n) is 6.34. The zero-order valence-corrected chi connectivity index (χ0v) is 10.8. The quantitative estimate of drug-likeness (QED) is 0.653. The molecule has 2 heteroatoms. The topological polar surface area (TPSA) is 29.5 Å². The second kappa shape index (κ2) is 3.46. The van der Waals surface area contributed by atoms with Crippen LogP contribution in [0.3, 0.4) is 0 Å². The van der Waals surface area contributed by atoms with Crippen molar-refractivity contribution in [3.8, 4) is 0 Å². The van der Waals surface area contributed by atoms with Gasteiger partial charge < -0.3 is 9.84 Å². The molecule has 1 aliphatic heterocycles. The lowest BCUT2D eigenvalue weighted by atomic mass is 9.56. The minimum atomic E-state index is -0.816. The molecule has 0 bridgehead atoms. The third-order valence-corrected chi connectivity index (χ3v) is 5.41. The normalized spacial score (nSPS) is 49.6. The van der Waals surface area contributed by atoms with Crippen molar-refractivity contribution in [1.29, 1.82) is 0 Å². The van der Waals surface area contributed by atoms with E-state index in [-0.39, 0.29) is 11.5 Å². The Morgan fingerprint density at radius 3 is 3.06 bits per heavy atom. The summed E-state index contributed by atoms with van der Waals surface area (Å²) in [5.74, 6) is 0.640. The number of hydrogen-bond donors (Lipinski definition) is 1. The molecule has 0 amide bonds. The molecule has 94 valence electrons. The summed E-state index contributed by atoms with van der Waals surface area (Å²) < 4.78 is 5.68. The molecule has 2 aliphatic carbocycles. The molecular formula is C15H22O2. The lowest BCUT2D eigenvalue weighted by molar-refractivity contribution is -0.0510. The third-order valence-electron chi connectivity index (χ3n) is 5.41. The minimum absolute atomic E-state index is 0.139. The number of rotatable bonds is 0. The van der Waals surface area contributed by atoms with E-state index in [0.717, 1.165) is 12.0 Å². The maximum atomic E-state index is 10.8. The van der Waals surface area contributed by atoms with Crippen LogP contribution in [0, 0.1) is 11.3 Å². The molecule has 1 heterocycles. The summed E-state index contributed by atoms with van der Waals surface area (Å²) in [6, 6.07) is 0. The van der Waals surface area contributed by atoms with Gasteiger partial charge in [-0.25, -0.2) is 0 Å². The first kappa shape index (κ1) is 11.5. The largest absolute Gasteiger partial charge is 0.382 e. The minimum Gasteiger partial charge on any atom is -0.382 e. The maximum Gasteiger partial charge on any atom is 0.118 e. The highest BCUT2D eigenvalue weighted by atomic mass is 16.5. The Morgan fingerprint density at radius 2 is 2.29 bits per heavy atom. The summed E-state index contributed by atoms with van der Waals surface area (Å²) in [5.41, 5.74) is 1.68. The maximum absolute atomic E-state index is 10.8. The number of allylic oxidation sites excluding steroid dienone is 1. The molecule has 1 saturated carbocycles. The summed E-state index contributed by atoms with van der Waals surface area (Å²) in [5, 5.41) is 10.8. The molecule has 0 unspecified atom stereocenters. The Labute approximate surface area is 103 Å². The fraction of sp³-hybridized carbons (Fsp3) is 0.733. The summed E-state index contributed by atoms with van der Waals surface area (Å²) in [6.07, 6.45) is 6.54. The first-order valence-electron chi connectivity index (χ1n) is 6.70. The summed E-state index contributed by atoms with van der Waals surface area (Å²) >= 11 is 0. The van der Waals surface area contributed by atoms with Gasteiger partial charge in [-0.3, -0.25) is 0 Å². The SMILES string of the molecule is C=C1CO[C@@H]2C=C3CCC[C@H](C)[C@@]3(C)C[C@@]12O. The number of aliphatic hydroxyl groups is 1. The van der Waals surface area contributed by atoms with E-state index in [1.807, 2.05) is 0 Å². The van der Waals surface area contributed by atoms with E-state index in [9.17, 15) is 5.11 Å². The molecule has 3 aliphatic rings. The summed E-state index contributed by atoms with van der Waals surface area (Å²) in [7, 11) is 0. The molecule has 3 rings (SSSR count). The van der Waals surface area contributed by atoms with E-state index < -0.39 is 5.60 Å². The van der Waals surface area contributed by atoms with Crippen LogP contribution >= 0.6 is 0 Å². The molecule has 0 spiro atoms. The Hall–Kier alpha value is -0.600. The Kier molecular flexibility index (Phi) is 2.34. The van der Waals surface area contributed by atoms with Crippen molar-refractivity contribution in [1.82, 2.24) is 0 Å². The van der Waals surface area contributed by atoms with Crippen molar-refractivity contribution in [2.45, 2.75) is 51.2 Å². The molecule has 0 radical (unpaired) electrons. The fourth-order valence-electron chi connectivity index (χ4n) is 3.89. The van der Waals surface area contributed by atoms with Gasteiger partial charge in [0.05, 0.1) is 6.61 Å². The van der Waals surface area contributed by atoms with E-state index in [1.54, 1.807) is 0 Å². The van der Waals surface area contributed by atoms with Crippen LogP contribution in [0.25, 0.3) is 0 Å². The van der Waals surface area contributed by atoms with Crippen LogP contribution in [-0.4, -0.2) is 23.4 Å². The van der Waals surface area contributed by atoms with E-state index in [4.69, 9.17) is 4.74 Å². The molecule has 4 atom stereocenters. The highest BCUT2D eigenvalue weighted by molar-refractivity contribution is 5.35. The smallest absolute Gasteiger partial charge is 0.118 e. The molecule has 1 saturated heterocycles. The first-order valence-corrected chi connectivity index (χ1v) is 6.70. The molecule has 0 aromatic carbocycles. The van der Waals surface area contributed by atoms with E-state index in [1.165, 1.54) is 24.8 Å². The molecule has 0 aromatic heterocycles. The van der Waals surface area contributed by atoms with Crippen molar-refractivity contribution in [2.75, 3.05) is 6.61 Å². The Bertz CT molecular complexity index is 398. The van der Waals surface area contributed by atoms with Gasteiger partial charge in [0.2, 0.25) is 0 Å². The van der Waals surface area contributed by atoms with Gasteiger partial charge in [0.1, 0.15) is 11.7 Å². The van der Waals surface area contributed by atoms with Crippen molar-refractivity contribution < 1.29 is 9.84 Å². The Morgan fingerprint density at radius 1 is 1.53 bits per heavy atom. The van der Waals surface area contributed by atoms with Crippen LogP contribution in [0.4, 0.5) is 0 Å². The van der Waals surface area contributed by atoms with Crippen LogP contribution in [0.2, 0.25) is 0 Å². The monoisotopic (exact) mass is 234 g/mol. The third kappa shape index (κ3) is 1.40. The van der Waals surface area contributed by atoms with Gasteiger partial charge in [-0.05, 0) is 42.6 Å². The van der Waals surface area contributed by atoms with Gasteiger partial charge in [-0.2, -0.15) is 0 Å². The predicted molar refractivity (Wildman–Crippen MR) is 67.7 cm³/mol. The average molecular weight is 234 g/mol. The van der Waals surface area contributed by atoms with Gasteiger partial charge in [0, 0.05) is 0 Å². The van der Waals surface area contributed by atoms with E-state index >= 15 is 0 Å². The van der Waals surface area contributed by atoms with Gasteiger partial charge >= 0.3 is 0 Å². The zero-order valence-electron chi connectivity index (χ0n) is 10.8. The van der Waals surface area contributed by atoms with Gasteiger partial charge in [0.15, 0.2) is 0 Å². The van der Waals surface area contributed by atoms with Crippen LogP contribution < -0.4 is 0 Å². The van der Waals surface area contributed by atoms with Gasteiger partial charge in [0.25, 0.3) is 0 Å². The van der Waals surface area contributed by atoms with Gasteiger partial charge in [-0.1, -0.05) is 32.1 Å². The zero-order chi connectivity index (χ0) is 12.3. The van der Waals surface area contributed by atoms with Crippen molar-refractivity contribution in [3.63, 3.8) is 0 Å². The molecule has 0 aromatic rings. The summed E-state index contributed by atoms with van der Waals surface area (Å²) in [6.45, 7) is 9.13. The van der Waals surface area contributed by atoms with Crippen molar-refractivity contribution >= 4 is 0 Å². The molecular weight excluding hydrogens is 212 g/mol. The fourth-order valence-corrected chi connectivity index (χ4v) is 3.89. The highest BCUT2D eigenvalue weighted by Crippen LogP contribution is 2.56. The van der Waals surface area contributed by atoms with E-state index in [2.05, 4.69) is 26.5 Å². The second-order valence-corrected chi connectivity index (χ2v) is 6.34. The van der Waals surface area contributed by atoms with Crippen LogP contribution in [0.15, 0.2) is 23.8 Å².